The lowest BCUT2D eigenvalue weighted by molar-refractivity contribution is -0.141. The predicted molar refractivity (Wildman–Crippen MR) is 127 cm³/mol. The minimum Gasteiger partial charge on any atom is -0.508 e. The number of nitrogens with one attached hydrogen (secondary N) is 3. The first-order valence-electron chi connectivity index (χ1n) is 10.9. The van der Waals surface area contributed by atoms with Gasteiger partial charge in [-0.2, -0.15) is 0 Å². The molecule has 3 atom stereocenters. The number of carbonyl (C=O) groups excluding carboxylic acids is 3. The highest BCUT2D eigenvalue weighted by Gasteiger charge is 2.30. The molecule has 0 aliphatic rings. The van der Waals surface area contributed by atoms with Gasteiger partial charge in [-0.3, -0.25) is 24.0 Å². The van der Waals surface area contributed by atoms with Crippen LogP contribution < -0.4 is 21.7 Å². The summed E-state index contributed by atoms with van der Waals surface area (Å²) in [6.07, 6.45) is -0.671. The molecule has 192 valence electrons. The van der Waals surface area contributed by atoms with Gasteiger partial charge in [0.25, 0.3) is 0 Å². The molecule has 0 fully saturated rings. The maximum absolute atomic E-state index is 13.1. The Kier molecular flexibility index (Phi) is 10.4. The van der Waals surface area contributed by atoms with E-state index in [0.717, 1.165) is 0 Å². The third kappa shape index (κ3) is 9.43. The highest BCUT2D eigenvalue weighted by atomic mass is 16.4. The second-order valence-corrected chi connectivity index (χ2v) is 8.00. The molecule has 0 radical (unpaired) electrons. The number of carboxylic acid groups (broad SMARTS) is 2. The Bertz CT molecular complexity index is 1080. The Hall–Kier alpha value is -4.45. The van der Waals surface area contributed by atoms with Gasteiger partial charge in [-0.1, -0.05) is 42.5 Å². The monoisotopic (exact) mass is 500 g/mol. The summed E-state index contributed by atoms with van der Waals surface area (Å²) in [6.45, 7) is -0.763. The van der Waals surface area contributed by atoms with Gasteiger partial charge in [0.2, 0.25) is 17.7 Å². The number of rotatable bonds is 13. The first-order valence-corrected chi connectivity index (χ1v) is 10.9. The third-order valence-electron chi connectivity index (χ3n) is 5.07. The van der Waals surface area contributed by atoms with Gasteiger partial charge in [0.1, 0.15) is 24.4 Å². The summed E-state index contributed by atoms with van der Waals surface area (Å²) in [5.74, 6) is -5.20. The van der Waals surface area contributed by atoms with Crippen molar-refractivity contribution in [1.29, 1.82) is 0 Å². The molecule has 0 aromatic heterocycles. The van der Waals surface area contributed by atoms with Crippen LogP contribution >= 0.6 is 0 Å². The molecular weight excluding hydrogens is 472 g/mol. The summed E-state index contributed by atoms with van der Waals surface area (Å²) >= 11 is 0. The van der Waals surface area contributed by atoms with Gasteiger partial charge in [-0.05, 0) is 29.7 Å². The maximum Gasteiger partial charge on any atom is 0.322 e. The molecule has 0 bridgehead atoms. The number of hydrogen-bond donors (Lipinski definition) is 7. The van der Waals surface area contributed by atoms with Crippen molar-refractivity contribution in [2.45, 2.75) is 37.4 Å². The SMILES string of the molecule is NC(Cc1ccc(O)cc1)C(=O)NC(Cc1ccccc1)C(=O)NC(CC(=O)O)C(=O)NCC(=O)O. The number of nitrogens with two attached hydrogens (primary N) is 1. The Balaban J connectivity index is 2.16. The number of phenolic OH excluding ortho intramolecular Hbond substituents is 1. The lowest BCUT2D eigenvalue weighted by Crippen LogP contribution is -2.57. The van der Waals surface area contributed by atoms with Crippen molar-refractivity contribution in [3.05, 3.63) is 65.7 Å². The van der Waals surface area contributed by atoms with Crippen molar-refractivity contribution in [2.24, 2.45) is 5.73 Å². The van der Waals surface area contributed by atoms with Gasteiger partial charge >= 0.3 is 11.9 Å². The lowest BCUT2D eigenvalue weighted by atomic mass is 10.0. The molecule has 36 heavy (non-hydrogen) atoms. The van der Waals surface area contributed by atoms with Crippen molar-refractivity contribution >= 4 is 29.7 Å². The van der Waals surface area contributed by atoms with E-state index >= 15 is 0 Å². The molecule has 12 heteroatoms. The first-order chi connectivity index (χ1) is 17.0. The van der Waals surface area contributed by atoms with E-state index in [1.165, 1.54) is 12.1 Å². The van der Waals surface area contributed by atoms with Crippen LogP contribution in [0.25, 0.3) is 0 Å². The second-order valence-electron chi connectivity index (χ2n) is 8.00. The topological polar surface area (TPSA) is 208 Å². The number of carboxylic acids is 2. The number of carbonyl (C=O) groups is 5. The summed E-state index contributed by atoms with van der Waals surface area (Å²) in [6, 6.07) is 10.9. The van der Waals surface area contributed by atoms with Crippen molar-refractivity contribution in [2.75, 3.05) is 6.54 Å². The fraction of sp³-hybridized carbons (Fsp3) is 0.292. The average Bonchev–Trinajstić information content (AvgIpc) is 2.83. The minimum absolute atomic E-state index is 0.0148. The smallest absolute Gasteiger partial charge is 0.322 e. The normalized spacial score (nSPS) is 13.0. The highest BCUT2D eigenvalue weighted by molar-refractivity contribution is 5.95. The molecule has 0 heterocycles. The number of amides is 3. The van der Waals surface area contributed by atoms with Gasteiger partial charge < -0.3 is 37.0 Å². The number of aromatic hydroxyl groups is 1. The van der Waals surface area contributed by atoms with Gasteiger partial charge in [-0.15, -0.1) is 0 Å². The van der Waals surface area contributed by atoms with E-state index in [9.17, 15) is 29.1 Å². The van der Waals surface area contributed by atoms with E-state index in [2.05, 4.69) is 10.6 Å². The standard InChI is InChI=1S/C24H28N4O8/c25-17(10-15-6-8-16(29)9-7-15)22(34)27-18(11-14-4-2-1-3-5-14)24(36)28-19(12-20(30)31)23(35)26-13-21(32)33/h1-9,17-19,29H,10-13,25H2,(H,26,35)(H,27,34)(H,28,36)(H,30,31)(H,32,33). The van der Waals surface area contributed by atoms with Gasteiger partial charge in [-0.25, -0.2) is 0 Å². The van der Waals surface area contributed by atoms with Crippen LogP contribution in [0.1, 0.15) is 17.5 Å². The van der Waals surface area contributed by atoms with E-state index in [-0.39, 0.29) is 18.6 Å². The molecule has 3 unspecified atom stereocenters. The summed E-state index contributed by atoms with van der Waals surface area (Å²) < 4.78 is 0. The van der Waals surface area contributed by atoms with E-state index < -0.39 is 60.8 Å². The van der Waals surface area contributed by atoms with Crippen LogP contribution in [-0.2, 0) is 36.8 Å². The summed E-state index contributed by atoms with van der Waals surface area (Å²) in [5.41, 5.74) is 7.36. The Morgan fingerprint density at radius 3 is 1.89 bits per heavy atom. The van der Waals surface area contributed by atoms with E-state index in [1.54, 1.807) is 42.5 Å². The van der Waals surface area contributed by atoms with Gasteiger partial charge in [0, 0.05) is 6.42 Å². The van der Waals surface area contributed by atoms with Crippen LogP contribution in [0, 0.1) is 0 Å². The Morgan fingerprint density at radius 1 is 0.722 bits per heavy atom. The zero-order valence-corrected chi connectivity index (χ0v) is 19.2. The molecule has 2 aromatic rings. The van der Waals surface area contributed by atoms with Crippen molar-refractivity contribution in [3.63, 3.8) is 0 Å². The lowest BCUT2D eigenvalue weighted by Gasteiger charge is -2.23. The van der Waals surface area contributed by atoms with Crippen LogP contribution in [0.2, 0.25) is 0 Å². The molecule has 8 N–H and O–H groups in total. The molecule has 3 amide bonds. The predicted octanol–water partition coefficient (Wildman–Crippen LogP) is -0.850. The fourth-order valence-corrected chi connectivity index (χ4v) is 3.26. The molecule has 0 saturated carbocycles. The van der Waals surface area contributed by atoms with Crippen LogP contribution in [0.4, 0.5) is 0 Å². The van der Waals surface area contributed by atoms with Crippen molar-refractivity contribution in [3.8, 4) is 5.75 Å². The zero-order chi connectivity index (χ0) is 26.7. The van der Waals surface area contributed by atoms with Crippen LogP contribution in [0.5, 0.6) is 5.75 Å². The number of benzene rings is 2. The quantitative estimate of drug-likeness (QED) is 0.182. The van der Waals surface area contributed by atoms with Crippen molar-refractivity contribution in [1.82, 2.24) is 16.0 Å². The summed E-state index contributed by atoms with van der Waals surface area (Å²) in [5, 5.41) is 34.1. The average molecular weight is 501 g/mol. The number of hydrogen-bond acceptors (Lipinski definition) is 7. The zero-order valence-electron chi connectivity index (χ0n) is 19.2. The number of phenols is 1. The molecule has 2 rings (SSSR count). The summed E-state index contributed by atoms with van der Waals surface area (Å²) in [4.78, 5) is 60.1. The molecular formula is C24H28N4O8. The van der Waals surface area contributed by atoms with Crippen LogP contribution in [0.3, 0.4) is 0 Å². The number of aliphatic carboxylic acids is 2. The summed E-state index contributed by atoms with van der Waals surface area (Å²) in [7, 11) is 0. The fourth-order valence-electron chi connectivity index (χ4n) is 3.26. The molecule has 0 aliphatic carbocycles. The van der Waals surface area contributed by atoms with E-state index in [0.29, 0.717) is 11.1 Å². The second kappa shape index (κ2) is 13.4. The molecule has 0 saturated heterocycles. The molecule has 0 aliphatic heterocycles. The molecule has 2 aromatic carbocycles. The van der Waals surface area contributed by atoms with Gasteiger partial charge in [0.15, 0.2) is 0 Å². The molecule has 12 nitrogen and oxygen atoms in total. The third-order valence-corrected chi connectivity index (χ3v) is 5.07. The first kappa shape index (κ1) is 27.8. The van der Waals surface area contributed by atoms with E-state index in [1.807, 2.05) is 5.32 Å². The van der Waals surface area contributed by atoms with Crippen molar-refractivity contribution < 1.29 is 39.3 Å². The largest absolute Gasteiger partial charge is 0.508 e. The Labute approximate surface area is 206 Å². The van der Waals surface area contributed by atoms with Crippen LogP contribution in [0.15, 0.2) is 54.6 Å². The van der Waals surface area contributed by atoms with Gasteiger partial charge in [0.05, 0.1) is 12.5 Å². The van der Waals surface area contributed by atoms with Crippen LogP contribution in [-0.4, -0.2) is 69.7 Å². The minimum atomic E-state index is -1.57. The Morgan fingerprint density at radius 2 is 1.31 bits per heavy atom. The maximum atomic E-state index is 13.1. The molecule has 0 spiro atoms. The highest BCUT2D eigenvalue weighted by Crippen LogP contribution is 2.11. The van der Waals surface area contributed by atoms with E-state index in [4.69, 9.17) is 15.9 Å².